The highest BCUT2D eigenvalue weighted by Crippen LogP contribution is 2.03. The maximum Gasteiger partial charge on any atom is 0.328 e. The van der Waals surface area contributed by atoms with E-state index >= 15 is 0 Å². The maximum absolute atomic E-state index is 11.8. The topological polar surface area (TPSA) is 119 Å². The minimum absolute atomic E-state index is 0.152. The van der Waals surface area contributed by atoms with Crippen molar-refractivity contribution in [2.75, 3.05) is 6.61 Å². The van der Waals surface area contributed by atoms with Crippen molar-refractivity contribution in [3.63, 3.8) is 0 Å². The number of amides is 1. The van der Waals surface area contributed by atoms with Gasteiger partial charge in [0, 0.05) is 5.69 Å². The van der Waals surface area contributed by atoms with Crippen LogP contribution in [0, 0.1) is 13.8 Å². The molecule has 7 nitrogen and oxygen atoms in total. The van der Waals surface area contributed by atoms with Gasteiger partial charge in [0.25, 0.3) is 11.5 Å². The van der Waals surface area contributed by atoms with Gasteiger partial charge in [-0.3, -0.25) is 9.59 Å². The molecule has 1 heterocycles. The summed E-state index contributed by atoms with van der Waals surface area (Å²) in [5, 5.41) is 19.6. The van der Waals surface area contributed by atoms with E-state index in [4.69, 9.17) is 10.2 Å². The monoisotopic (exact) mass is 254 g/mol. The third-order valence-corrected chi connectivity index (χ3v) is 2.38. The highest BCUT2D eigenvalue weighted by atomic mass is 16.4. The van der Waals surface area contributed by atoms with E-state index in [0.29, 0.717) is 11.3 Å². The van der Waals surface area contributed by atoms with Crippen LogP contribution in [0.5, 0.6) is 0 Å². The van der Waals surface area contributed by atoms with Crippen LogP contribution in [0.4, 0.5) is 0 Å². The Hall–Kier alpha value is -2.15. The summed E-state index contributed by atoms with van der Waals surface area (Å²) in [5.74, 6) is -2.19. The summed E-state index contributed by atoms with van der Waals surface area (Å²) in [5.41, 5.74) is 0.300. The lowest BCUT2D eigenvalue weighted by molar-refractivity contribution is -0.140. The van der Waals surface area contributed by atoms with Crippen molar-refractivity contribution >= 4 is 11.9 Å². The van der Waals surface area contributed by atoms with E-state index in [1.165, 1.54) is 0 Å². The number of nitrogens with one attached hydrogen (secondary N) is 2. The van der Waals surface area contributed by atoms with E-state index in [1.54, 1.807) is 19.9 Å². The summed E-state index contributed by atoms with van der Waals surface area (Å²) in [7, 11) is 0. The molecule has 4 N–H and O–H groups in total. The molecule has 0 radical (unpaired) electrons. The number of aromatic nitrogens is 1. The normalized spacial score (nSPS) is 11.9. The fraction of sp³-hybridized carbons (Fsp3) is 0.364. The van der Waals surface area contributed by atoms with Crippen molar-refractivity contribution in [2.24, 2.45) is 0 Å². The van der Waals surface area contributed by atoms with Crippen molar-refractivity contribution in [1.82, 2.24) is 10.3 Å². The number of aliphatic hydroxyl groups excluding tert-OH is 1. The minimum atomic E-state index is -1.43. The molecule has 0 saturated carbocycles. The summed E-state index contributed by atoms with van der Waals surface area (Å²) >= 11 is 0. The minimum Gasteiger partial charge on any atom is -0.480 e. The van der Waals surface area contributed by atoms with E-state index in [2.05, 4.69) is 10.3 Å². The number of pyridine rings is 1. The van der Waals surface area contributed by atoms with Crippen LogP contribution in [0.1, 0.15) is 21.6 Å². The molecular formula is C11H14N2O5. The van der Waals surface area contributed by atoms with E-state index in [0.717, 1.165) is 0 Å². The Morgan fingerprint density at radius 2 is 2.06 bits per heavy atom. The molecule has 0 aliphatic heterocycles. The van der Waals surface area contributed by atoms with Crippen molar-refractivity contribution in [3.8, 4) is 0 Å². The molecule has 1 aromatic heterocycles. The van der Waals surface area contributed by atoms with Gasteiger partial charge < -0.3 is 20.5 Å². The molecule has 1 rings (SSSR count). The molecule has 1 atom stereocenters. The summed E-state index contributed by atoms with van der Waals surface area (Å²) in [4.78, 5) is 36.5. The van der Waals surface area contributed by atoms with Crippen LogP contribution in [0.3, 0.4) is 0 Å². The molecule has 1 unspecified atom stereocenters. The highest BCUT2D eigenvalue weighted by Gasteiger charge is 2.22. The first-order valence-electron chi connectivity index (χ1n) is 5.22. The Balaban J connectivity index is 3.05. The number of carboxylic acids is 1. The molecule has 0 aliphatic rings. The molecule has 0 aromatic carbocycles. The van der Waals surface area contributed by atoms with Crippen LogP contribution in [0.15, 0.2) is 10.9 Å². The van der Waals surface area contributed by atoms with E-state index < -0.39 is 30.1 Å². The van der Waals surface area contributed by atoms with Gasteiger partial charge >= 0.3 is 5.97 Å². The average molecular weight is 254 g/mol. The SMILES string of the molecule is Cc1cc(C)c(C(=O)NC(CO)C(=O)O)c(=O)[nH]1. The largest absolute Gasteiger partial charge is 0.480 e. The number of aliphatic carboxylic acids is 1. The predicted octanol–water partition coefficient (Wildman–Crippen LogP) is -0.833. The van der Waals surface area contributed by atoms with Crippen molar-refractivity contribution < 1.29 is 19.8 Å². The lowest BCUT2D eigenvalue weighted by Gasteiger charge is -2.12. The third-order valence-electron chi connectivity index (χ3n) is 2.38. The molecule has 1 aromatic rings. The van der Waals surface area contributed by atoms with E-state index in [-0.39, 0.29) is 5.56 Å². The van der Waals surface area contributed by atoms with Crippen LogP contribution in [-0.4, -0.2) is 39.7 Å². The van der Waals surface area contributed by atoms with Gasteiger partial charge in [-0.15, -0.1) is 0 Å². The van der Waals surface area contributed by atoms with Crippen LogP contribution < -0.4 is 10.9 Å². The predicted molar refractivity (Wildman–Crippen MR) is 62.5 cm³/mol. The van der Waals surface area contributed by atoms with Gasteiger partial charge in [0.15, 0.2) is 6.04 Å². The van der Waals surface area contributed by atoms with E-state index in [1.807, 2.05) is 0 Å². The Labute approximate surface area is 102 Å². The standard InChI is InChI=1S/C11H14N2O5/c1-5-3-6(2)12-9(15)8(5)10(16)13-7(4-14)11(17)18/h3,7,14H,4H2,1-2H3,(H,12,15)(H,13,16)(H,17,18). The second-order valence-corrected chi connectivity index (χ2v) is 3.89. The molecule has 0 spiro atoms. The molecule has 1 amide bonds. The fourth-order valence-electron chi connectivity index (χ4n) is 1.55. The second kappa shape index (κ2) is 5.46. The quantitative estimate of drug-likeness (QED) is 0.559. The number of hydrogen-bond donors (Lipinski definition) is 4. The number of H-pyrrole nitrogens is 1. The molecule has 98 valence electrons. The van der Waals surface area contributed by atoms with Crippen molar-refractivity contribution in [3.05, 3.63) is 33.2 Å². The zero-order valence-corrected chi connectivity index (χ0v) is 9.98. The summed E-state index contributed by atoms with van der Waals surface area (Å²) in [6, 6.07) is 0.169. The number of aliphatic hydroxyl groups is 1. The van der Waals surface area contributed by atoms with Gasteiger partial charge in [-0.05, 0) is 25.5 Å². The van der Waals surface area contributed by atoms with Gasteiger partial charge in [0.2, 0.25) is 0 Å². The van der Waals surface area contributed by atoms with Crippen molar-refractivity contribution in [1.29, 1.82) is 0 Å². The molecule has 7 heteroatoms. The van der Waals surface area contributed by atoms with Crippen LogP contribution in [0.2, 0.25) is 0 Å². The molecule has 0 bridgehead atoms. The lowest BCUT2D eigenvalue weighted by atomic mass is 10.1. The Morgan fingerprint density at radius 1 is 1.44 bits per heavy atom. The van der Waals surface area contributed by atoms with E-state index in [9.17, 15) is 14.4 Å². The molecule has 0 aliphatic carbocycles. The number of aromatic amines is 1. The molecule has 0 fully saturated rings. The second-order valence-electron chi connectivity index (χ2n) is 3.89. The lowest BCUT2D eigenvalue weighted by Crippen LogP contribution is -2.45. The van der Waals surface area contributed by atoms with Gasteiger partial charge in [0.1, 0.15) is 5.56 Å². The number of carbonyl (C=O) groups is 2. The highest BCUT2D eigenvalue weighted by molar-refractivity contribution is 5.97. The third kappa shape index (κ3) is 2.95. The first-order valence-corrected chi connectivity index (χ1v) is 5.22. The van der Waals surface area contributed by atoms with Crippen molar-refractivity contribution in [2.45, 2.75) is 19.9 Å². The van der Waals surface area contributed by atoms with Gasteiger partial charge in [0.05, 0.1) is 6.61 Å². The average Bonchev–Trinajstić information content (AvgIpc) is 2.23. The first-order chi connectivity index (χ1) is 8.36. The number of aryl methyl sites for hydroxylation is 2. The van der Waals surface area contributed by atoms with Crippen LogP contribution in [-0.2, 0) is 4.79 Å². The van der Waals surface area contributed by atoms with Crippen LogP contribution >= 0.6 is 0 Å². The Bertz CT molecular complexity index is 535. The number of hydrogen-bond acceptors (Lipinski definition) is 4. The molecule has 18 heavy (non-hydrogen) atoms. The number of rotatable bonds is 4. The Morgan fingerprint density at radius 3 is 2.50 bits per heavy atom. The number of carboxylic acid groups (broad SMARTS) is 1. The number of carbonyl (C=O) groups excluding carboxylic acids is 1. The smallest absolute Gasteiger partial charge is 0.328 e. The summed E-state index contributed by atoms with van der Waals surface area (Å²) in [6.07, 6.45) is 0. The summed E-state index contributed by atoms with van der Waals surface area (Å²) < 4.78 is 0. The Kier molecular flexibility index (Phi) is 4.22. The van der Waals surface area contributed by atoms with Crippen LogP contribution in [0.25, 0.3) is 0 Å². The zero-order chi connectivity index (χ0) is 13.9. The first kappa shape index (κ1) is 13.9. The van der Waals surface area contributed by atoms with Gasteiger partial charge in [-0.1, -0.05) is 0 Å². The van der Waals surface area contributed by atoms with Gasteiger partial charge in [-0.25, -0.2) is 4.79 Å². The summed E-state index contributed by atoms with van der Waals surface area (Å²) in [6.45, 7) is 2.50. The molecular weight excluding hydrogens is 240 g/mol. The van der Waals surface area contributed by atoms with Gasteiger partial charge in [-0.2, -0.15) is 0 Å². The zero-order valence-electron chi connectivity index (χ0n) is 9.98. The maximum atomic E-state index is 11.8. The fourth-order valence-corrected chi connectivity index (χ4v) is 1.55. The molecule has 0 saturated heterocycles.